The van der Waals surface area contributed by atoms with Crippen molar-refractivity contribution in [2.24, 2.45) is 0 Å². The van der Waals surface area contributed by atoms with Crippen molar-refractivity contribution in [1.29, 1.82) is 0 Å². The standard InChI is InChI=1S/C10H18O2/c1-4-7-8-9-10(11-5-2)12-6-3/h7,10H,1,5-6,8-9H2,2-3H3. The number of ether oxygens (including phenoxy) is 2. The molecule has 0 aliphatic carbocycles. The van der Waals surface area contributed by atoms with Crippen molar-refractivity contribution in [3.8, 4) is 0 Å². The van der Waals surface area contributed by atoms with Crippen LogP contribution in [0.15, 0.2) is 18.4 Å². The van der Waals surface area contributed by atoms with E-state index in [1.807, 2.05) is 19.9 Å². The van der Waals surface area contributed by atoms with Crippen LogP contribution in [0.4, 0.5) is 0 Å². The molecule has 0 spiro atoms. The lowest BCUT2D eigenvalue weighted by Gasteiger charge is -2.15. The molecule has 0 bridgehead atoms. The fourth-order valence-electron chi connectivity index (χ4n) is 0.908. The highest BCUT2D eigenvalue weighted by Crippen LogP contribution is 2.04. The lowest BCUT2D eigenvalue weighted by atomic mass is 10.3. The van der Waals surface area contributed by atoms with E-state index in [0.717, 1.165) is 12.8 Å². The zero-order valence-electron chi connectivity index (χ0n) is 8.01. The smallest absolute Gasteiger partial charge is 0.157 e. The summed E-state index contributed by atoms with van der Waals surface area (Å²) in [5.74, 6) is 0. The SMILES string of the molecule is C=C=CCCC(OCC)OCC. The Hall–Kier alpha value is -0.560. The van der Waals surface area contributed by atoms with Gasteiger partial charge in [-0.05, 0) is 26.3 Å². The lowest BCUT2D eigenvalue weighted by Crippen LogP contribution is -2.16. The van der Waals surface area contributed by atoms with Gasteiger partial charge in [0.25, 0.3) is 0 Å². The van der Waals surface area contributed by atoms with Gasteiger partial charge in [-0.1, -0.05) is 6.58 Å². The third-order valence-electron chi connectivity index (χ3n) is 1.40. The van der Waals surface area contributed by atoms with Gasteiger partial charge < -0.3 is 9.47 Å². The van der Waals surface area contributed by atoms with Crippen LogP contribution in [-0.2, 0) is 9.47 Å². The third kappa shape index (κ3) is 6.17. The lowest BCUT2D eigenvalue weighted by molar-refractivity contribution is -0.138. The van der Waals surface area contributed by atoms with Crippen molar-refractivity contribution in [3.05, 3.63) is 18.4 Å². The third-order valence-corrected chi connectivity index (χ3v) is 1.40. The predicted molar refractivity (Wildman–Crippen MR) is 50.0 cm³/mol. The van der Waals surface area contributed by atoms with Crippen molar-refractivity contribution in [2.45, 2.75) is 33.0 Å². The molecule has 12 heavy (non-hydrogen) atoms. The molecule has 0 saturated heterocycles. The predicted octanol–water partition coefficient (Wildman–Crippen LogP) is 2.51. The van der Waals surface area contributed by atoms with Crippen LogP contribution in [0.25, 0.3) is 0 Å². The Morgan fingerprint density at radius 2 is 1.92 bits per heavy atom. The number of hydrogen-bond acceptors (Lipinski definition) is 2. The van der Waals surface area contributed by atoms with Crippen LogP contribution >= 0.6 is 0 Å². The minimum Gasteiger partial charge on any atom is -0.353 e. The summed E-state index contributed by atoms with van der Waals surface area (Å²) in [6.07, 6.45) is 3.62. The van der Waals surface area contributed by atoms with E-state index in [0.29, 0.717) is 13.2 Å². The maximum Gasteiger partial charge on any atom is 0.157 e. The number of rotatable bonds is 7. The first-order valence-electron chi connectivity index (χ1n) is 4.42. The molecule has 70 valence electrons. The van der Waals surface area contributed by atoms with E-state index in [1.165, 1.54) is 0 Å². The van der Waals surface area contributed by atoms with Gasteiger partial charge in [-0.15, -0.1) is 5.73 Å². The van der Waals surface area contributed by atoms with Gasteiger partial charge in [0.1, 0.15) is 0 Å². The van der Waals surface area contributed by atoms with Crippen molar-refractivity contribution < 1.29 is 9.47 Å². The molecule has 0 N–H and O–H groups in total. The molecule has 0 rings (SSSR count). The van der Waals surface area contributed by atoms with Crippen LogP contribution in [0, 0.1) is 0 Å². The highest BCUT2D eigenvalue weighted by molar-refractivity contribution is 4.75. The van der Waals surface area contributed by atoms with E-state index in [-0.39, 0.29) is 6.29 Å². The van der Waals surface area contributed by atoms with E-state index >= 15 is 0 Å². The Morgan fingerprint density at radius 1 is 1.33 bits per heavy atom. The minimum atomic E-state index is -0.0652. The van der Waals surface area contributed by atoms with Crippen molar-refractivity contribution in [1.82, 2.24) is 0 Å². The zero-order valence-corrected chi connectivity index (χ0v) is 8.01. The molecule has 2 heteroatoms. The van der Waals surface area contributed by atoms with E-state index in [9.17, 15) is 0 Å². The molecule has 0 radical (unpaired) electrons. The maximum absolute atomic E-state index is 5.34. The molecule has 0 amide bonds. The van der Waals surface area contributed by atoms with Gasteiger partial charge in [-0.25, -0.2) is 0 Å². The average Bonchev–Trinajstić information content (AvgIpc) is 2.06. The molecule has 0 saturated carbocycles. The van der Waals surface area contributed by atoms with Gasteiger partial charge in [-0.3, -0.25) is 0 Å². The van der Waals surface area contributed by atoms with Gasteiger partial charge in [0.15, 0.2) is 6.29 Å². The molecule has 0 atom stereocenters. The van der Waals surface area contributed by atoms with Gasteiger partial charge in [-0.2, -0.15) is 0 Å². The number of allylic oxidation sites excluding steroid dienone is 1. The molecular weight excluding hydrogens is 152 g/mol. The van der Waals surface area contributed by atoms with Crippen molar-refractivity contribution in [2.75, 3.05) is 13.2 Å². The molecule has 0 aliphatic rings. The highest BCUT2D eigenvalue weighted by atomic mass is 16.7. The summed E-state index contributed by atoms with van der Waals surface area (Å²) in [5, 5.41) is 0. The van der Waals surface area contributed by atoms with Gasteiger partial charge in [0, 0.05) is 19.6 Å². The summed E-state index contributed by atoms with van der Waals surface area (Å²) in [4.78, 5) is 0. The van der Waals surface area contributed by atoms with Crippen LogP contribution in [0.2, 0.25) is 0 Å². The molecule has 0 aromatic rings. The minimum absolute atomic E-state index is 0.0652. The molecule has 0 unspecified atom stereocenters. The summed E-state index contributed by atoms with van der Waals surface area (Å²) in [6, 6.07) is 0. The summed E-state index contributed by atoms with van der Waals surface area (Å²) in [7, 11) is 0. The molecule has 0 aromatic heterocycles. The van der Waals surface area contributed by atoms with Gasteiger partial charge >= 0.3 is 0 Å². The largest absolute Gasteiger partial charge is 0.353 e. The van der Waals surface area contributed by atoms with Crippen LogP contribution in [0.1, 0.15) is 26.7 Å². The quantitative estimate of drug-likeness (QED) is 0.432. The average molecular weight is 170 g/mol. The topological polar surface area (TPSA) is 18.5 Å². The summed E-state index contributed by atoms with van der Waals surface area (Å²) in [6.45, 7) is 8.82. The van der Waals surface area contributed by atoms with Crippen molar-refractivity contribution in [3.63, 3.8) is 0 Å². The first kappa shape index (κ1) is 11.4. The molecule has 2 nitrogen and oxygen atoms in total. The Balaban J connectivity index is 3.54. The second-order valence-corrected chi connectivity index (χ2v) is 2.33. The monoisotopic (exact) mass is 170 g/mol. The van der Waals surface area contributed by atoms with Crippen molar-refractivity contribution >= 4 is 0 Å². The van der Waals surface area contributed by atoms with E-state index in [4.69, 9.17) is 9.47 Å². The molecular formula is C10H18O2. The Bertz CT molecular complexity index is 131. The fourth-order valence-corrected chi connectivity index (χ4v) is 0.908. The summed E-state index contributed by atoms with van der Waals surface area (Å²) < 4.78 is 10.7. The van der Waals surface area contributed by atoms with Crippen LogP contribution in [0.3, 0.4) is 0 Å². The Labute approximate surface area is 74.9 Å². The Kier molecular flexibility index (Phi) is 8.14. The normalized spacial score (nSPS) is 9.92. The second-order valence-electron chi connectivity index (χ2n) is 2.33. The van der Waals surface area contributed by atoms with Gasteiger partial charge in [0.05, 0.1) is 0 Å². The molecule has 0 aromatic carbocycles. The fraction of sp³-hybridized carbons (Fsp3) is 0.700. The van der Waals surface area contributed by atoms with Crippen LogP contribution in [-0.4, -0.2) is 19.5 Å². The molecule has 0 heterocycles. The maximum atomic E-state index is 5.34. The van der Waals surface area contributed by atoms with E-state index < -0.39 is 0 Å². The second kappa shape index (κ2) is 8.54. The highest BCUT2D eigenvalue weighted by Gasteiger charge is 2.04. The van der Waals surface area contributed by atoms with Crippen LogP contribution in [0.5, 0.6) is 0 Å². The summed E-state index contributed by atoms with van der Waals surface area (Å²) in [5.41, 5.74) is 2.72. The molecule has 0 fully saturated rings. The zero-order chi connectivity index (χ0) is 9.23. The summed E-state index contributed by atoms with van der Waals surface area (Å²) >= 11 is 0. The first-order chi connectivity index (χ1) is 5.85. The van der Waals surface area contributed by atoms with Crippen LogP contribution < -0.4 is 0 Å². The van der Waals surface area contributed by atoms with Gasteiger partial charge in [0.2, 0.25) is 0 Å². The van der Waals surface area contributed by atoms with E-state index in [2.05, 4.69) is 12.3 Å². The van der Waals surface area contributed by atoms with E-state index in [1.54, 1.807) is 0 Å². The Morgan fingerprint density at radius 3 is 2.33 bits per heavy atom. The number of hydrogen-bond donors (Lipinski definition) is 0. The first-order valence-corrected chi connectivity index (χ1v) is 4.42. The molecule has 0 aliphatic heterocycles.